The van der Waals surface area contributed by atoms with Crippen LogP contribution in [0.1, 0.15) is 17.0 Å². The third kappa shape index (κ3) is 6.11. The molecule has 3 rings (SSSR count). The van der Waals surface area contributed by atoms with E-state index in [-0.39, 0.29) is 18.3 Å². The third-order valence-electron chi connectivity index (χ3n) is 5.60. The molecule has 0 saturated carbocycles. The van der Waals surface area contributed by atoms with Gasteiger partial charge in [-0.2, -0.15) is 0 Å². The highest BCUT2D eigenvalue weighted by molar-refractivity contribution is 5.85. The average Bonchev–Trinajstić information content (AvgIpc) is 3.17. The molecular formula is C23H32ClN3O3. The van der Waals surface area contributed by atoms with Crippen molar-refractivity contribution in [2.75, 3.05) is 46.9 Å². The van der Waals surface area contributed by atoms with Crippen molar-refractivity contribution in [3.8, 4) is 11.5 Å². The second-order valence-corrected chi connectivity index (χ2v) is 7.50. The van der Waals surface area contributed by atoms with Gasteiger partial charge in [-0.1, -0.05) is 36.4 Å². The first kappa shape index (κ1) is 24.0. The predicted molar refractivity (Wildman–Crippen MR) is 122 cm³/mol. The molecule has 1 fully saturated rings. The monoisotopic (exact) mass is 433 g/mol. The quantitative estimate of drug-likeness (QED) is 0.635. The highest BCUT2D eigenvalue weighted by atomic mass is 35.5. The molecule has 1 heterocycles. The van der Waals surface area contributed by atoms with E-state index in [1.165, 1.54) is 5.56 Å². The Kier molecular flexibility index (Phi) is 9.43. The highest BCUT2D eigenvalue weighted by Crippen LogP contribution is 2.31. The lowest BCUT2D eigenvalue weighted by Gasteiger charge is -2.16. The lowest BCUT2D eigenvalue weighted by atomic mass is 9.89. The average molecular weight is 434 g/mol. The smallest absolute Gasteiger partial charge is 0.234 e. The molecule has 0 spiro atoms. The van der Waals surface area contributed by atoms with E-state index >= 15 is 0 Å². The van der Waals surface area contributed by atoms with E-state index in [1.54, 1.807) is 14.2 Å². The first-order chi connectivity index (χ1) is 14.1. The summed E-state index contributed by atoms with van der Waals surface area (Å²) in [5, 5.41) is 3.03. The van der Waals surface area contributed by atoms with Crippen LogP contribution >= 0.6 is 12.4 Å². The van der Waals surface area contributed by atoms with Crippen LogP contribution in [0.25, 0.3) is 0 Å². The molecule has 0 unspecified atom stereocenters. The summed E-state index contributed by atoms with van der Waals surface area (Å²) in [4.78, 5) is 14.6. The first-order valence-corrected chi connectivity index (χ1v) is 10.1. The fourth-order valence-corrected chi connectivity index (χ4v) is 4.05. The Morgan fingerprint density at radius 2 is 1.83 bits per heavy atom. The number of hydrogen-bond acceptors (Lipinski definition) is 5. The maximum absolute atomic E-state index is 12.4. The number of halogens is 1. The zero-order chi connectivity index (χ0) is 20.6. The van der Waals surface area contributed by atoms with Crippen LogP contribution < -0.4 is 20.5 Å². The molecule has 2 aromatic rings. The van der Waals surface area contributed by atoms with Crippen molar-refractivity contribution < 1.29 is 14.3 Å². The Hall–Kier alpha value is -2.28. The van der Waals surface area contributed by atoms with Crippen molar-refractivity contribution in [1.29, 1.82) is 0 Å². The fourth-order valence-electron chi connectivity index (χ4n) is 4.05. The van der Waals surface area contributed by atoms with Crippen molar-refractivity contribution in [2.24, 2.45) is 11.7 Å². The van der Waals surface area contributed by atoms with Crippen LogP contribution in [0, 0.1) is 5.92 Å². The minimum Gasteiger partial charge on any atom is -0.493 e. The number of rotatable bonds is 9. The molecular weight excluding hydrogens is 402 g/mol. The minimum atomic E-state index is 0. The summed E-state index contributed by atoms with van der Waals surface area (Å²) in [5.74, 6) is 2.23. The lowest BCUT2D eigenvalue weighted by Crippen LogP contribution is -2.37. The Morgan fingerprint density at radius 3 is 2.50 bits per heavy atom. The van der Waals surface area contributed by atoms with Crippen molar-refractivity contribution in [2.45, 2.75) is 12.3 Å². The number of carbonyl (C=O) groups is 1. The summed E-state index contributed by atoms with van der Waals surface area (Å²) in [5.41, 5.74) is 8.40. The second kappa shape index (κ2) is 11.8. The number of benzene rings is 2. The second-order valence-electron chi connectivity index (χ2n) is 7.50. The van der Waals surface area contributed by atoms with Gasteiger partial charge in [-0.15, -0.1) is 12.4 Å². The number of amides is 1. The SMILES string of the molecule is COc1ccc(CCNC(=O)CN2C[C@@H](CN)[C@H](c3ccccc3)C2)cc1OC.Cl. The van der Waals surface area contributed by atoms with E-state index in [9.17, 15) is 4.79 Å². The first-order valence-electron chi connectivity index (χ1n) is 10.1. The maximum Gasteiger partial charge on any atom is 0.234 e. The summed E-state index contributed by atoms with van der Waals surface area (Å²) in [6.07, 6.45) is 0.740. The van der Waals surface area contributed by atoms with Gasteiger partial charge in [0.2, 0.25) is 5.91 Å². The van der Waals surface area contributed by atoms with E-state index in [0.29, 0.717) is 43.0 Å². The van der Waals surface area contributed by atoms with Gasteiger partial charge in [-0.3, -0.25) is 9.69 Å². The van der Waals surface area contributed by atoms with E-state index < -0.39 is 0 Å². The van der Waals surface area contributed by atoms with Gasteiger partial charge >= 0.3 is 0 Å². The third-order valence-corrected chi connectivity index (χ3v) is 5.60. The van der Waals surface area contributed by atoms with Gasteiger partial charge in [0, 0.05) is 25.6 Å². The highest BCUT2D eigenvalue weighted by Gasteiger charge is 2.33. The van der Waals surface area contributed by atoms with Gasteiger partial charge in [0.1, 0.15) is 0 Å². The summed E-state index contributed by atoms with van der Waals surface area (Å²) in [7, 11) is 3.24. The predicted octanol–water partition coefficient (Wildman–Crippen LogP) is 2.46. The van der Waals surface area contributed by atoms with Gasteiger partial charge in [-0.05, 0) is 42.1 Å². The minimum absolute atomic E-state index is 0. The Bertz CT molecular complexity index is 804. The van der Waals surface area contributed by atoms with Gasteiger partial charge in [0.05, 0.1) is 20.8 Å². The number of likely N-dealkylation sites (tertiary alicyclic amines) is 1. The molecule has 30 heavy (non-hydrogen) atoms. The molecule has 1 aliphatic rings. The fraction of sp³-hybridized carbons (Fsp3) is 0.435. The zero-order valence-corrected chi connectivity index (χ0v) is 18.5. The van der Waals surface area contributed by atoms with E-state index in [2.05, 4.69) is 34.5 Å². The van der Waals surface area contributed by atoms with Crippen LogP contribution in [-0.2, 0) is 11.2 Å². The zero-order valence-electron chi connectivity index (χ0n) is 17.7. The standard InChI is InChI=1S/C23H31N3O3.ClH/c1-28-21-9-8-17(12-22(21)29-2)10-11-25-23(27)16-26-14-19(13-24)20(15-26)18-6-4-3-5-7-18;/h3-9,12,19-20H,10-11,13-16,24H2,1-2H3,(H,25,27);1H/t19-,20+;/m1./s1. The maximum atomic E-state index is 12.4. The molecule has 7 heteroatoms. The summed E-state index contributed by atoms with van der Waals surface area (Å²) in [6.45, 7) is 3.36. The molecule has 3 N–H and O–H groups in total. The number of carbonyl (C=O) groups excluding carboxylic acids is 1. The normalized spacial score (nSPS) is 18.5. The number of hydrogen-bond donors (Lipinski definition) is 2. The van der Waals surface area contributed by atoms with E-state index in [1.807, 2.05) is 24.3 Å². The van der Waals surface area contributed by atoms with Gasteiger partial charge in [0.15, 0.2) is 11.5 Å². The van der Waals surface area contributed by atoms with Crippen LogP contribution in [0.2, 0.25) is 0 Å². The molecule has 6 nitrogen and oxygen atoms in total. The van der Waals surface area contributed by atoms with Crippen molar-refractivity contribution in [3.63, 3.8) is 0 Å². The molecule has 2 atom stereocenters. The summed E-state index contributed by atoms with van der Waals surface area (Å²) < 4.78 is 10.6. The Balaban J connectivity index is 0.00000320. The number of methoxy groups -OCH3 is 2. The van der Waals surface area contributed by atoms with Gasteiger partial charge in [-0.25, -0.2) is 0 Å². The molecule has 0 bridgehead atoms. The van der Waals surface area contributed by atoms with Crippen LogP contribution in [-0.4, -0.2) is 57.8 Å². The van der Waals surface area contributed by atoms with Crippen molar-refractivity contribution in [3.05, 3.63) is 59.7 Å². The molecule has 1 amide bonds. The van der Waals surface area contributed by atoms with Gasteiger partial charge in [0.25, 0.3) is 0 Å². The molecule has 2 aromatic carbocycles. The molecule has 1 aliphatic heterocycles. The number of ether oxygens (including phenoxy) is 2. The van der Waals surface area contributed by atoms with Gasteiger partial charge < -0.3 is 20.5 Å². The number of nitrogens with zero attached hydrogens (tertiary/aromatic N) is 1. The van der Waals surface area contributed by atoms with Crippen LogP contribution in [0.4, 0.5) is 0 Å². The number of nitrogens with two attached hydrogens (primary N) is 1. The van der Waals surface area contributed by atoms with Crippen LogP contribution in [0.15, 0.2) is 48.5 Å². The van der Waals surface area contributed by atoms with E-state index in [4.69, 9.17) is 15.2 Å². The van der Waals surface area contributed by atoms with Crippen molar-refractivity contribution >= 4 is 18.3 Å². The Labute approximate surface area is 185 Å². The Morgan fingerprint density at radius 1 is 1.10 bits per heavy atom. The van der Waals surface area contributed by atoms with Crippen LogP contribution in [0.5, 0.6) is 11.5 Å². The lowest BCUT2D eigenvalue weighted by molar-refractivity contribution is -0.122. The largest absolute Gasteiger partial charge is 0.493 e. The molecule has 0 aromatic heterocycles. The van der Waals surface area contributed by atoms with Crippen LogP contribution in [0.3, 0.4) is 0 Å². The number of nitrogens with one attached hydrogen (secondary N) is 1. The van der Waals surface area contributed by atoms with Crippen molar-refractivity contribution in [1.82, 2.24) is 10.2 Å². The topological polar surface area (TPSA) is 76.8 Å². The molecule has 0 radical (unpaired) electrons. The molecule has 164 valence electrons. The summed E-state index contributed by atoms with van der Waals surface area (Å²) >= 11 is 0. The molecule has 1 saturated heterocycles. The van der Waals surface area contributed by atoms with E-state index in [0.717, 1.165) is 25.1 Å². The summed E-state index contributed by atoms with van der Waals surface area (Å²) in [6, 6.07) is 16.3. The molecule has 0 aliphatic carbocycles.